The van der Waals surface area contributed by atoms with Crippen molar-refractivity contribution in [2.45, 2.75) is 19.8 Å². The van der Waals surface area contributed by atoms with Crippen molar-refractivity contribution in [3.05, 3.63) is 65.0 Å². The van der Waals surface area contributed by atoms with Gasteiger partial charge in [-0.15, -0.1) is 0 Å². The highest BCUT2D eigenvalue weighted by molar-refractivity contribution is 5.75. The van der Waals surface area contributed by atoms with Crippen molar-refractivity contribution in [2.24, 2.45) is 0 Å². The Morgan fingerprint density at radius 3 is 2.55 bits per heavy atom. The lowest BCUT2D eigenvalue weighted by atomic mass is 10.1. The molecule has 1 heterocycles. The molecule has 0 radical (unpaired) electrons. The van der Waals surface area contributed by atoms with Crippen LogP contribution in [0.1, 0.15) is 23.9 Å². The van der Waals surface area contributed by atoms with E-state index in [2.05, 4.69) is 16.9 Å². The molecule has 0 amide bonds. The number of fused-ring (bicyclic) bond motifs is 1. The molecular formula is C16H14F2N2. The van der Waals surface area contributed by atoms with Crippen molar-refractivity contribution in [1.29, 1.82) is 0 Å². The molecule has 0 aliphatic heterocycles. The molecule has 3 aromatic rings. The van der Waals surface area contributed by atoms with Crippen LogP contribution < -0.4 is 0 Å². The molecule has 3 rings (SSSR count). The molecule has 1 aromatic heterocycles. The van der Waals surface area contributed by atoms with Gasteiger partial charge in [-0.25, -0.2) is 13.8 Å². The van der Waals surface area contributed by atoms with Crippen LogP contribution in [-0.4, -0.2) is 9.97 Å². The zero-order valence-electron chi connectivity index (χ0n) is 11.1. The van der Waals surface area contributed by atoms with Gasteiger partial charge in [-0.1, -0.05) is 19.1 Å². The molecule has 1 N–H and O–H groups in total. The Kier molecular flexibility index (Phi) is 3.22. The van der Waals surface area contributed by atoms with Crippen LogP contribution in [0.4, 0.5) is 8.78 Å². The van der Waals surface area contributed by atoms with Gasteiger partial charge >= 0.3 is 0 Å². The number of aryl methyl sites for hydroxylation is 1. The smallest absolute Gasteiger partial charge is 0.129 e. The molecular weight excluding hydrogens is 258 g/mol. The molecule has 2 nitrogen and oxygen atoms in total. The number of aromatic nitrogens is 2. The molecule has 4 heteroatoms. The van der Waals surface area contributed by atoms with Crippen molar-refractivity contribution in [1.82, 2.24) is 9.97 Å². The van der Waals surface area contributed by atoms with E-state index in [1.54, 1.807) is 0 Å². The van der Waals surface area contributed by atoms with Gasteiger partial charge in [0.1, 0.15) is 17.5 Å². The Morgan fingerprint density at radius 2 is 1.85 bits per heavy atom. The molecule has 0 bridgehead atoms. The van der Waals surface area contributed by atoms with Crippen LogP contribution in [0, 0.1) is 11.6 Å². The average Bonchev–Trinajstić information content (AvgIpc) is 2.84. The largest absolute Gasteiger partial charge is 0.342 e. The highest BCUT2D eigenvalue weighted by Crippen LogP contribution is 2.19. The third-order valence-corrected chi connectivity index (χ3v) is 3.41. The molecule has 0 fully saturated rings. The minimum absolute atomic E-state index is 0.0438. The molecule has 102 valence electrons. The number of H-pyrrole nitrogens is 1. The minimum atomic E-state index is -0.542. The normalized spacial score (nSPS) is 11.2. The molecule has 0 spiro atoms. The zero-order chi connectivity index (χ0) is 14.1. The van der Waals surface area contributed by atoms with E-state index in [0.717, 1.165) is 17.5 Å². The van der Waals surface area contributed by atoms with E-state index in [4.69, 9.17) is 0 Å². The molecule has 20 heavy (non-hydrogen) atoms. The number of aromatic amines is 1. The van der Waals surface area contributed by atoms with Gasteiger partial charge in [0.15, 0.2) is 0 Å². The predicted octanol–water partition coefficient (Wildman–Crippen LogP) is 3.99. The van der Waals surface area contributed by atoms with E-state index in [1.807, 2.05) is 18.2 Å². The Labute approximate surface area is 115 Å². The van der Waals surface area contributed by atoms with Crippen LogP contribution in [0.3, 0.4) is 0 Å². The first-order valence-electron chi connectivity index (χ1n) is 6.57. The summed E-state index contributed by atoms with van der Waals surface area (Å²) in [6.07, 6.45) is 1.06. The summed E-state index contributed by atoms with van der Waals surface area (Å²) in [5, 5.41) is 0. The van der Waals surface area contributed by atoms with Gasteiger partial charge in [0.05, 0.1) is 11.0 Å². The highest BCUT2D eigenvalue weighted by atomic mass is 19.1. The third kappa shape index (κ3) is 2.29. The lowest BCUT2D eigenvalue weighted by molar-refractivity contribution is 0.559. The van der Waals surface area contributed by atoms with E-state index in [1.165, 1.54) is 23.8 Å². The number of hydrogen-bond acceptors (Lipinski definition) is 1. The van der Waals surface area contributed by atoms with E-state index in [0.29, 0.717) is 5.82 Å². The number of nitrogens with one attached hydrogen (secondary N) is 1. The fourth-order valence-corrected chi connectivity index (χ4v) is 2.28. The number of halogens is 2. The lowest BCUT2D eigenvalue weighted by Gasteiger charge is -2.01. The van der Waals surface area contributed by atoms with E-state index >= 15 is 0 Å². The van der Waals surface area contributed by atoms with Crippen LogP contribution in [0.25, 0.3) is 11.0 Å². The second kappa shape index (κ2) is 5.04. The lowest BCUT2D eigenvalue weighted by Crippen LogP contribution is -1.98. The standard InChI is InChI=1S/C16H14F2N2/c1-2-10-6-7-14-15(8-10)20-16(19-14)9-11-12(17)4-3-5-13(11)18/h3-8H,2,9H2,1H3,(H,19,20). The monoisotopic (exact) mass is 272 g/mol. The molecule has 0 aliphatic rings. The molecule has 2 aromatic carbocycles. The third-order valence-electron chi connectivity index (χ3n) is 3.41. The van der Waals surface area contributed by atoms with Crippen molar-refractivity contribution < 1.29 is 8.78 Å². The second-order valence-corrected chi connectivity index (χ2v) is 4.77. The predicted molar refractivity (Wildman–Crippen MR) is 74.6 cm³/mol. The van der Waals surface area contributed by atoms with Crippen LogP contribution >= 0.6 is 0 Å². The van der Waals surface area contributed by atoms with Crippen LogP contribution in [0.5, 0.6) is 0 Å². The van der Waals surface area contributed by atoms with E-state index < -0.39 is 11.6 Å². The van der Waals surface area contributed by atoms with Gasteiger partial charge in [-0.3, -0.25) is 0 Å². The summed E-state index contributed by atoms with van der Waals surface area (Å²) in [5.41, 5.74) is 2.96. The second-order valence-electron chi connectivity index (χ2n) is 4.77. The van der Waals surface area contributed by atoms with Gasteiger partial charge < -0.3 is 4.98 Å². The van der Waals surface area contributed by atoms with E-state index in [-0.39, 0.29) is 12.0 Å². The van der Waals surface area contributed by atoms with Gasteiger partial charge in [0.2, 0.25) is 0 Å². The summed E-state index contributed by atoms with van der Waals surface area (Å²) >= 11 is 0. The van der Waals surface area contributed by atoms with Gasteiger partial charge in [-0.2, -0.15) is 0 Å². The van der Waals surface area contributed by atoms with Gasteiger partial charge in [0.25, 0.3) is 0 Å². The maximum absolute atomic E-state index is 13.6. The first-order valence-corrected chi connectivity index (χ1v) is 6.57. The number of nitrogens with zero attached hydrogens (tertiary/aromatic N) is 1. The topological polar surface area (TPSA) is 28.7 Å². The highest BCUT2D eigenvalue weighted by Gasteiger charge is 2.11. The fourth-order valence-electron chi connectivity index (χ4n) is 2.28. The molecule has 0 atom stereocenters. The average molecular weight is 272 g/mol. The first kappa shape index (κ1) is 12.8. The number of hydrogen-bond donors (Lipinski definition) is 1. The minimum Gasteiger partial charge on any atom is -0.342 e. The molecule has 0 unspecified atom stereocenters. The number of imidazole rings is 1. The quantitative estimate of drug-likeness (QED) is 0.767. The van der Waals surface area contributed by atoms with Crippen LogP contribution in [0.15, 0.2) is 36.4 Å². The summed E-state index contributed by atoms with van der Waals surface area (Å²) in [6.45, 7) is 2.08. The zero-order valence-corrected chi connectivity index (χ0v) is 11.1. The SMILES string of the molecule is CCc1ccc2nc(Cc3c(F)cccc3F)[nH]c2c1. The van der Waals surface area contributed by atoms with Crippen LogP contribution in [-0.2, 0) is 12.8 Å². The first-order chi connectivity index (χ1) is 9.67. The summed E-state index contributed by atoms with van der Waals surface area (Å²) in [6, 6.07) is 9.83. The molecule has 0 aliphatic carbocycles. The molecule has 0 saturated carbocycles. The Balaban J connectivity index is 1.99. The number of rotatable bonds is 3. The van der Waals surface area contributed by atoms with Gasteiger partial charge in [0, 0.05) is 12.0 Å². The van der Waals surface area contributed by atoms with Crippen LogP contribution in [0.2, 0.25) is 0 Å². The Morgan fingerprint density at radius 1 is 1.10 bits per heavy atom. The van der Waals surface area contributed by atoms with Crippen molar-refractivity contribution >= 4 is 11.0 Å². The maximum atomic E-state index is 13.6. The van der Waals surface area contributed by atoms with Gasteiger partial charge in [-0.05, 0) is 36.2 Å². The summed E-state index contributed by atoms with van der Waals surface area (Å²) in [5.74, 6) is -0.517. The maximum Gasteiger partial charge on any atom is 0.129 e. The fraction of sp³-hybridized carbons (Fsp3) is 0.188. The molecule has 0 saturated heterocycles. The van der Waals surface area contributed by atoms with Crippen molar-refractivity contribution in [3.8, 4) is 0 Å². The Hall–Kier alpha value is -2.23. The summed E-state index contributed by atoms with van der Waals surface area (Å²) in [7, 11) is 0. The van der Waals surface area contributed by atoms with Crippen molar-refractivity contribution in [3.63, 3.8) is 0 Å². The Bertz CT molecular complexity index is 742. The number of benzene rings is 2. The summed E-state index contributed by atoms with van der Waals surface area (Å²) < 4.78 is 27.3. The van der Waals surface area contributed by atoms with E-state index in [9.17, 15) is 8.78 Å². The van der Waals surface area contributed by atoms with Crippen molar-refractivity contribution in [2.75, 3.05) is 0 Å². The summed E-state index contributed by atoms with van der Waals surface area (Å²) in [4.78, 5) is 7.51.